The Labute approximate surface area is 239 Å². The van der Waals surface area contributed by atoms with E-state index in [-0.39, 0.29) is 11.7 Å². The highest BCUT2D eigenvalue weighted by Gasteiger charge is 2.23. The van der Waals surface area contributed by atoms with Crippen LogP contribution in [0, 0.1) is 6.92 Å². The number of benzene rings is 3. The van der Waals surface area contributed by atoms with Gasteiger partial charge in [0.25, 0.3) is 5.91 Å². The van der Waals surface area contributed by atoms with Gasteiger partial charge >= 0.3 is 0 Å². The van der Waals surface area contributed by atoms with Gasteiger partial charge in [-0.3, -0.25) is 14.7 Å². The number of methoxy groups -OCH3 is 2. The van der Waals surface area contributed by atoms with Crippen LogP contribution in [0.25, 0.3) is 10.9 Å². The zero-order valence-corrected chi connectivity index (χ0v) is 23.8. The summed E-state index contributed by atoms with van der Waals surface area (Å²) < 4.78 is 14.1. The molecule has 9 heteroatoms. The summed E-state index contributed by atoms with van der Waals surface area (Å²) >= 11 is 1.51. The lowest BCUT2D eigenvalue weighted by Gasteiger charge is -2.24. The van der Waals surface area contributed by atoms with Crippen molar-refractivity contribution < 1.29 is 19.4 Å². The lowest BCUT2D eigenvalue weighted by Crippen LogP contribution is -2.35. The first kappa shape index (κ1) is 27.6. The number of rotatable bonds is 8. The number of anilines is 1. The number of phenols is 1. The Hall–Kier alpha value is -3.95. The quantitative estimate of drug-likeness (QED) is 0.265. The van der Waals surface area contributed by atoms with Gasteiger partial charge in [0.1, 0.15) is 0 Å². The van der Waals surface area contributed by atoms with E-state index in [2.05, 4.69) is 26.7 Å². The minimum atomic E-state index is 0.0319. The predicted molar refractivity (Wildman–Crippen MR) is 159 cm³/mol. The number of aromatic nitrogens is 1. The lowest BCUT2D eigenvalue weighted by molar-refractivity contribution is 0.0761. The van der Waals surface area contributed by atoms with Crippen molar-refractivity contribution in [3.63, 3.8) is 0 Å². The minimum absolute atomic E-state index is 0.0319. The highest BCUT2D eigenvalue weighted by Crippen LogP contribution is 2.41. The van der Waals surface area contributed by atoms with E-state index in [1.165, 1.54) is 19.1 Å². The van der Waals surface area contributed by atoms with Gasteiger partial charge in [0.2, 0.25) is 5.75 Å². The normalized spacial score (nSPS) is 14.1. The van der Waals surface area contributed by atoms with Crippen molar-refractivity contribution in [2.45, 2.75) is 24.8 Å². The molecule has 1 aromatic heterocycles. The van der Waals surface area contributed by atoms with Gasteiger partial charge in [0, 0.05) is 61.1 Å². The summed E-state index contributed by atoms with van der Waals surface area (Å²) in [7, 11) is 3.08. The van der Waals surface area contributed by atoms with E-state index in [4.69, 9.17) is 9.47 Å². The second kappa shape index (κ2) is 12.5. The standard InChI is InChI=1S/C31H34N4O4S/c1-21-19-26(38-2)30(39-3)29(36)25(21)20-34-15-6-16-35(18-17-34)31(37)23-10-12-24(13-11-23)33-40-27-9-4-7-22-8-5-14-32-28(22)27/h4-5,7-14,19,33,36H,6,15-18,20H2,1-3H3. The molecule has 1 fully saturated rings. The number of nitrogens with one attached hydrogen (secondary N) is 1. The van der Waals surface area contributed by atoms with Crippen molar-refractivity contribution in [2.75, 3.05) is 45.1 Å². The summed E-state index contributed by atoms with van der Waals surface area (Å²) in [6, 6.07) is 19.6. The number of para-hydroxylation sites is 1. The van der Waals surface area contributed by atoms with Crippen molar-refractivity contribution in [1.29, 1.82) is 0 Å². The first-order valence-corrected chi connectivity index (χ1v) is 14.1. The average Bonchev–Trinajstić information content (AvgIpc) is 3.23. The molecule has 4 aromatic rings. The molecular formula is C31H34N4O4S. The number of nitrogens with zero attached hydrogens (tertiary/aromatic N) is 3. The van der Waals surface area contributed by atoms with Crippen LogP contribution in [0.15, 0.2) is 71.8 Å². The van der Waals surface area contributed by atoms with Crippen LogP contribution in [0.4, 0.5) is 5.69 Å². The molecule has 1 aliphatic heterocycles. The van der Waals surface area contributed by atoms with E-state index < -0.39 is 0 Å². The van der Waals surface area contributed by atoms with Crippen LogP contribution in [0.1, 0.15) is 27.9 Å². The van der Waals surface area contributed by atoms with Crippen LogP contribution in [-0.2, 0) is 6.54 Å². The molecule has 0 atom stereocenters. The number of aryl methyl sites for hydroxylation is 1. The number of amides is 1. The fourth-order valence-corrected chi connectivity index (χ4v) is 5.81. The third kappa shape index (κ3) is 5.95. The van der Waals surface area contributed by atoms with E-state index in [0.29, 0.717) is 43.2 Å². The van der Waals surface area contributed by atoms with Crippen molar-refractivity contribution in [3.8, 4) is 17.2 Å². The third-order valence-electron chi connectivity index (χ3n) is 7.24. The molecule has 8 nitrogen and oxygen atoms in total. The van der Waals surface area contributed by atoms with Gasteiger partial charge < -0.3 is 24.2 Å². The molecule has 0 radical (unpaired) electrons. The highest BCUT2D eigenvalue weighted by molar-refractivity contribution is 8.00. The molecule has 0 saturated carbocycles. The van der Waals surface area contributed by atoms with Crippen molar-refractivity contribution in [3.05, 3.63) is 83.6 Å². The summed E-state index contributed by atoms with van der Waals surface area (Å²) in [5.74, 6) is 1.00. The SMILES string of the molecule is COc1cc(C)c(CN2CCCN(C(=O)c3ccc(NSc4cccc5cccnc45)cc3)CC2)c(O)c1OC. The number of pyridine rings is 1. The van der Waals surface area contributed by atoms with Gasteiger partial charge in [0.05, 0.1) is 24.6 Å². The second-order valence-corrected chi connectivity index (χ2v) is 10.6. The van der Waals surface area contributed by atoms with Crippen LogP contribution < -0.4 is 14.2 Å². The number of phenolic OH excluding ortho intramolecular Hbond substituents is 1. The van der Waals surface area contributed by atoms with Crippen LogP contribution in [0.2, 0.25) is 0 Å². The number of carbonyl (C=O) groups is 1. The summed E-state index contributed by atoms with van der Waals surface area (Å²) in [5.41, 5.74) is 4.31. The van der Waals surface area contributed by atoms with Gasteiger partial charge in [0.15, 0.2) is 11.5 Å². The molecule has 1 amide bonds. The number of aromatic hydroxyl groups is 1. The Morgan fingerprint density at radius 1 is 1.02 bits per heavy atom. The molecule has 5 rings (SSSR count). The van der Waals surface area contributed by atoms with Gasteiger partial charge in [-0.15, -0.1) is 0 Å². The molecule has 0 spiro atoms. The van der Waals surface area contributed by atoms with Crippen LogP contribution in [0.3, 0.4) is 0 Å². The summed E-state index contributed by atoms with van der Waals surface area (Å²) in [6.45, 7) is 5.39. The van der Waals surface area contributed by atoms with Gasteiger partial charge in [-0.25, -0.2) is 0 Å². The monoisotopic (exact) mass is 558 g/mol. The maximum Gasteiger partial charge on any atom is 0.253 e. The maximum atomic E-state index is 13.3. The van der Waals surface area contributed by atoms with Crippen molar-refractivity contribution in [1.82, 2.24) is 14.8 Å². The first-order chi connectivity index (χ1) is 19.5. The average molecular weight is 559 g/mol. The Kier molecular flexibility index (Phi) is 8.62. The molecule has 0 unspecified atom stereocenters. The Morgan fingerprint density at radius 3 is 2.60 bits per heavy atom. The summed E-state index contributed by atoms with van der Waals surface area (Å²) in [4.78, 5) is 23.1. The number of hydrogen-bond acceptors (Lipinski definition) is 8. The zero-order chi connectivity index (χ0) is 28.1. The first-order valence-electron chi connectivity index (χ1n) is 13.3. The second-order valence-electron chi connectivity index (χ2n) is 9.79. The number of hydrogen-bond donors (Lipinski definition) is 2. The van der Waals surface area contributed by atoms with E-state index >= 15 is 0 Å². The Balaban J connectivity index is 1.19. The largest absolute Gasteiger partial charge is 0.504 e. The fourth-order valence-electron chi connectivity index (χ4n) is 5.03. The number of carbonyl (C=O) groups excluding carboxylic acids is 1. The van der Waals surface area contributed by atoms with Gasteiger partial charge in [-0.1, -0.05) is 18.2 Å². The van der Waals surface area contributed by atoms with E-state index in [0.717, 1.165) is 45.6 Å². The topological polar surface area (TPSA) is 87.2 Å². The molecule has 40 heavy (non-hydrogen) atoms. The lowest BCUT2D eigenvalue weighted by atomic mass is 10.1. The Morgan fingerprint density at radius 2 is 1.82 bits per heavy atom. The van der Waals surface area contributed by atoms with E-state index in [1.54, 1.807) is 13.3 Å². The molecule has 1 saturated heterocycles. The summed E-state index contributed by atoms with van der Waals surface area (Å²) in [6.07, 6.45) is 2.66. The third-order valence-corrected chi connectivity index (χ3v) is 8.12. The molecule has 2 N–H and O–H groups in total. The molecular weight excluding hydrogens is 524 g/mol. The van der Waals surface area contributed by atoms with E-state index in [1.807, 2.05) is 60.4 Å². The molecule has 208 valence electrons. The molecule has 0 bridgehead atoms. The zero-order valence-electron chi connectivity index (χ0n) is 23.0. The molecule has 3 aromatic carbocycles. The van der Waals surface area contributed by atoms with Crippen LogP contribution in [-0.4, -0.2) is 66.2 Å². The fraction of sp³-hybridized carbons (Fsp3) is 0.290. The molecule has 0 aliphatic carbocycles. The maximum absolute atomic E-state index is 13.3. The van der Waals surface area contributed by atoms with E-state index in [9.17, 15) is 9.90 Å². The molecule has 1 aliphatic rings. The van der Waals surface area contributed by atoms with Crippen molar-refractivity contribution in [2.24, 2.45) is 0 Å². The van der Waals surface area contributed by atoms with Crippen molar-refractivity contribution >= 4 is 34.4 Å². The number of ether oxygens (including phenoxy) is 2. The highest BCUT2D eigenvalue weighted by atomic mass is 32.2. The van der Waals surface area contributed by atoms with Gasteiger partial charge in [-0.05, 0) is 73.3 Å². The van der Waals surface area contributed by atoms with Crippen LogP contribution in [0.5, 0.6) is 17.2 Å². The Bertz CT molecular complexity index is 1490. The predicted octanol–water partition coefficient (Wildman–Crippen LogP) is 5.73. The molecule has 2 heterocycles. The minimum Gasteiger partial charge on any atom is -0.504 e. The van der Waals surface area contributed by atoms with Crippen LogP contribution >= 0.6 is 11.9 Å². The number of fused-ring (bicyclic) bond motifs is 1. The smallest absolute Gasteiger partial charge is 0.253 e. The van der Waals surface area contributed by atoms with Gasteiger partial charge in [-0.2, -0.15) is 0 Å². The summed E-state index contributed by atoms with van der Waals surface area (Å²) in [5, 5.41) is 11.9.